The van der Waals surface area contributed by atoms with Crippen LogP contribution in [0.25, 0.3) is 10.2 Å². The van der Waals surface area contributed by atoms with Crippen LogP contribution in [0.15, 0.2) is 36.4 Å². The van der Waals surface area contributed by atoms with Crippen molar-refractivity contribution in [1.82, 2.24) is 9.88 Å². The Labute approximate surface area is 186 Å². The summed E-state index contributed by atoms with van der Waals surface area (Å²) in [5.74, 6) is 2.11. The van der Waals surface area contributed by atoms with Crippen LogP contribution in [-0.4, -0.2) is 62.8 Å². The number of aromatic nitrogens is 1. The minimum absolute atomic E-state index is 0.0712. The lowest BCUT2D eigenvalue weighted by Crippen LogP contribution is -2.33. The van der Waals surface area contributed by atoms with Gasteiger partial charge in [0.25, 0.3) is 5.91 Å². The van der Waals surface area contributed by atoms with Crippen molar-refractivity contribution >= 4 is 32.6 Å². The third-order valence-electron chi connectivity index (χ3n) is 4.92. The summed E-state index contributed by atoms with van der Waals surface area (Å²) in [5.41, 5.74) is 1.42. The Balaban J connectivity index is 1.64. The van der Waals surface area contributed by atoms with Crippen LogP contribution in [0, 0.1) is 0 Å². The topological polar surface area (TPSA) is 64.1 Å². The van der Waals surface area contributed by atoms with Crippen LogP contribution in [0.2, 0.25) is 0 Å². The molecule has 3 aromatic rings. The molecule has 2 heterocycles. The average Bonchev–Trinajstić information content (AvgIpc) is 3.17. The zero-order valence-electron chi connectivity index (χ0n) is 18.1. The summed E-state index contributed by atoms with van der Waals surface area (Å²) in [4.78, 5) is 22.1. The van der Waals surface area contributed by atoms with E-state index in [1.807, 2.05) is 45.3 Å². The zero-order chi connectivity index (χ0) is 21.8. The number of rotatable bonds is 8. The fourth-order valence-electron chi connectivity index (χ4n) is 3.41. The Kier molecular flexibility index (Phi) is 6.58. The molecule has 0 radical (unpaired) electrons. The van der Waals surface area contributed by atoms with Gasteiger partial charge in [-0.3, -0.25) is 9.69 Å². The molecule has 1 aliphatic rings. The van der Waals surface area contributed by atoms with Gasteiger partial charge in [-0.2, -0.15) is 0 Å². The van der Waals surface area contributed by atoms with Crippen LogP contribution < -0.4 is 19.1 Å². The predicted molar refractivity (Wildman–Crippen MR) is 123 cm³/mol. The second-order valence-corrected chi connectivity index (χ2v) is 8.54. The van der Waals surface area contributed by atoms with Crippen LogP contribution in [0.5, 0.6) is 17.2 Å². The molecule has 0 atom stereocenters. The molecule has 0 saturated heterocycles. The molecule has 0 N–H and O–H groups in total. The first-order valence-corrected chi connectivity index (χ1v) is 11.3. The highest BCUT2D eigenvalue weighted by Crippen LogP contribution is 2.39. The van der Waals surface area contributed by atoms with E-state index in [9.17, 15) is 4.79 Å². The molecule has 4 rings (SSSR count). The molecule has 8 heteroatoms. The van der Waals surface area contributed by atoms with E-state index in [4.69, 9.17) is 19.2 Å². The molecule has 0 spiro atoms. The van der Waals surface area contributed by atoms with Crippen LogP contribution in [-0.2, 0) is 0 Å². The van der Waals surface area contributed by atoms with Crippen molar-refractivity contribution in [3.63, 3.8) is 0 Å². The van der Waals surface area contributed by atoms with Gasteiger partial charge in [-0.05, 0) is 58.3 Å². The van der Waals surface area contributed by atoms with Crippen molar-refractivity contribution < 1.29 is 19.0 Å². The normalized spacial score (nSPS) is 12.9. The number of ether oxygens (including phenoxy) is 3. The molecule has 0 bridgehead atoms. The predicted octanol–water partition coefficient (Wildman–Crippen LogP) is 4.06. The lowest BCUT2D eigenvalue weighted by molar-refractivity contribution is 0.0986. The maximum absolute atomic E-state index is 13.4. The summed E-state index contributed by atoms with van der Waals surface area (Å²) in [6.07, 6.45) is 0.842. The van der Waals surface area contributed by atoms with E-state index < -0.39 is 0 Å². The molecule has 2 aromatic carbocycles. The van der Waals surface area contributed by atoms with E-state index in [-0.39, 0.29) is 5.91 Å². The molecule has 0 saturated carbocycles. The number of carbonyl (C=O) groups is 1. The largest absolute Gasteiger partial charge is 0.494 e. The van der Waals surface area contributed by atoms with E-state index >= 15 is 0 Å². The second-order valence-electron chi connectivity index (χ2n) is 7.53. The first-order chi connectivity index (χ1) is 15.0. The summed E-state index contributed by atoms with van der Waals surface area (Å²) >= 11 is 1.49. The third kappa shape index (κ3) is 4.91. The van der Waals surface area contributed by atoms with Gasteiger partial charge in [0.05, 0.1) is 16.8 Å². The summed E-state index contributed by atoms with van der Waals surface area (Å²) in [7, 11) is 4.06. The first-order valence-electron chi connectivity index (χ1n) is 10.4. The van der Waals surface area contributed by atoms with E-state index in [1.165, 1.54) is 11.3 Å². The van der Waals surface area contributed by atoms with Gasteiger partial charge < -0.3 is 19.1 Å². The highest BCUT2D eigenvalue weighted by Gasteiger charge is 2.23. The average molecular weight is 442 g/mol. The highest BCUT2D eigenvalue weighted by atomic mass is 32.1. The number of nitrogens with zero attached hydrogens (tertiary/aromatic N) is 3. The van der Waals surface area contributed by atoms with E-state index in [2.05, 4.69) is 4.90 Å². The van der Waals surface area contributed by atoms with Crippen LogP contribution in [0.3, 0.4) is 0 Å². The Morgan fingerprint density at radius 2 is 1.81 bits per heavy atom. The first kappa shape index (κ1) is 21.4. The molecular weight excluding hydrogens is 414 g/mol. The van der Waals surface area contributed by atoms with Gasteiger partial charge >= 0.3 is 0 Å². The van der Waals surface area contributed by atoms with Gasteiger partial charge in [0.2, 0.25) is 0 Å². The van der Waals surface area contributed by atoms with Gasteiger partial charge in [0.15, 0.2) is 16.6 Å². The minimum Gasteiger partial charge on any atom is -0.494 e. The highest BCUT2D eigenvalue weighted by molar-refractivity contribution is 7.22. The van der Waals surface area contributed by atoms with E-state index in [1.54, 1.807) is 17.0 Å². The molecule has 164 valence electrons. The van der Waals surface area contributed by atoms with Gasteiger partial charge in [-0.15, -0.1) is 0 Å². The van der Waals surface area contributed by atoms with Gasteiger partial charge in [0.1, 0.15) is 19.0 Å². The molecular formula is C23H27N3O4S. The molecule has 1 aromatic heterocycles. The monoisotopic (exact) mass is 441 g/mol. The molecule has 0 aliphatic carbocycles. The van der Waals surface area contributed by atoms with Gasteiger partial charge in [-0.25, -0.2) is 4.98 Å². The summed E-state index contributed by atoms with van der Waals surface area (Å²) < 4.78 is 17.8. The number of carbonyl (C=O) groups excluding carboxylic acids is 1. The van der Waals surface area contributed by atoms with Gasteiger partial charge in [-0.1, -0.05) is 11.3 Å². The third-order valence-corrected chi connectivity index (χ3v) is 5.96. The quantitative estimate of drug-likeness (QED) is 0.525. The number of hydrogen-bond acceptors (Lipinski definition) is 7. The number of benzene rings is 2. The molecule has 1 amide bonds. The number of amides is 1. The smallest absolute Gasteiger partial charge is 0.260 e. The maximum atomic E-state index is 13.4. The summed E-state index contributed by atoms with van der Waals surface area (Å²) in [6.45, 7) is 5.06. The molecule has 0 unspecified atom stereocenters. The summed E-state index contributed by atoms with van der Waals surface area (Å²) in [6, 6.07) is 11.1. The SMILES string of the molecule is CCOc1ccc(C(=O)N(CCCN(C)C)c2nc3cc4c(cc3s2)OCCO4)cc1. The van der Waals surface area contributed by atoms with Gasteiger partial charge in [0, 0.05) is 24.2 Å². The number of fused-ring (bicyclic) bond motifs is 2. The lowest BCUT2D eigenvalue weighted by Gasteiger charge is -2.21. The van der Waals surface area contributed by atoms with Crippen molar-refractivity contribution in [1.29, 1.82) is 0 Å². The van der Waals surface area contributed by atoms with Crippen LogP contribution in [0.4, 0.5) is 5.13 Å². The molecule has 31 heavy (non-hydrogen) atoms. The standard InChI is InChI=1S/C23H27N3O4S/c1-4-28-17-8-6-16(7-9-17)22(27)26(11-5-10-25(2)3)23-24-18-14-19-20(15-21(18)31-23)30-13-12-29-19/h6-9,14-15H,4-5,10-13H2,1-3H3. The molecule has 1 aliphatic heterocycles. The Hall–Kier alpha value is -2.84. The fraction of sp³-hybridized carbons (Fsp3) is 0.391. The summed E-state index contributed by atoms with van der Waals surface area (Å²) in [5, 5.41) is 0.676. The van der Waals surface area contributed by atoms with Crippen molar-refractivity contribution in [2.75, 3.05) is 51.9 Å². The minimum atomic E-state index is -0.0712. The van der Waals surface area contributed by atoms with Crippen molar-refractivity contribution in [2.24, 2.45) is 0 Å². The van der Waals surface area contributed by atoms with Crippen molar-refractivity contribution in [2.45, 2.75) is 13.3 Å². The molecule has 7 nitrogen and oxygen atoms in total. The Bertz CT molecular complexity index is 1010. The lowest BCUT2D eigenvalue weighted by atomic mass is 10.2. The van der Waals surface area contributed by atoms with Crippen LogP contribution in [0.1, 0.15) is 23.7 Å². The maximum Gasteiger partial charge on any atom is 0.260 e. The Morgan fingerprint density at radius 1 is 1.10 bits per heavy atom. The second kappa shape index (κ2) is 9.53. The molecule has 0 fully saturated rings. The number of hydrogen-bond donors (Lipinski definition) is 0. The van der Waals surface area contributed by atoms with Crippen molar-refractivity contribution in [3.8, 4) is 17.2 Å². The fourth-order valence-corrected chi connectivity index (χ4v) is 4.41. The van der Waals surface area contributed by atoms with E-state index in [0.29, 0.717) is 42.8 Å². The Morgan fingerprint density at radius 3 is 2.48 bits per heavy atom. The number of thiazole rings is 1. The number of anilines is 1. The van der Waals surface area contributed by atoms with E-state index in [0.717, 1.165) is 34.7 Å². The zero-order valence-corrected chi connectivity index (χ0v) is 18.9. The van der Waals surface area contributed by atoms with Crippen molar-refractivity contribution in [3.05, 3.63) is 42.0 Å². The van der Waals surface area contributed by atoms with Crippen LogP contribution >= 0.6 is 11.3 Å².